The van der Waals surface area contributed by atoms with E-state index in [-0.39, 0.29) is 12.4 Å². The van der Waals surface area contributed by atoms with Crippen LogP contribution in [0.25, 0.3) is 0 Å². The number of carbonyl (C=O) groups is 3. The molecule has 0 unspecified atom stereocenters. The number of nitrogens with zero attached hydrogens (tertiary/aromatic N) is 1. The molecule has 0 aliphatic carbocycles. The smallest absolute Gasteiger partial charge is 0.327 e. The fourth-order valence-electron chi connectivity index (χ4n) is 5.57. The topological polar surface area (TPSA) is 114 Å². The Morgan fingerprint density at radius 2 is 1.80 bits per heavy atom. The molecule has 5 rings (SSSR count). The zero-order valence-electron chi connectivity index (χ0n) is 19.7. The maximum absolute atomic E-state index is 13.9. The second-order valence-electron chi connectivity index (χ2n) is 9.00. The summed E-state index contributed by atoms with van der Waals surface area (Å²) in [5, 5.41) is 13.1. The van der Waals surface area contributed by atoms with Gasteiger partial charge in [0.15, 0.2) is 11.5 Å². The molecule has 3 heterocycles. The third-order valence-electron chi connectivity index (χ3n) is 6.97. The largest absolute Gasteiger partial charge is 0.508 e. The van der Waals surface area contributed by atoms with Crippen molar-refractivity contribution in [1.82, 2.24) is 5.32 Å². The lowest BCUT2D eigenvalue weighted by atomic mass is 9.77. The first-order chi connectivity index (χ1) is 16.9. The van der Waals surface area contributed by atoms with Gasteiger partial charge >= 0.3 is 5.97 Å². The predicted molar refractivity (Wildman–Crippen MR) is 125 cm³/mol. The number of anilines is 1. The number of hydrogen-bond acceptors (Lipinski definition) is 8. The average molecular weight is 481 g/mol. The van der Waals surface area contributed by atoms with Crippen molar-refractivity contribution in [3.05, 3.63) is 48.0 Å². The van der Waals surface area contributed by atoms with Gasteiger partial charge in [-0.15, -0.1) is 0 Å². The first-order valence-corrected chi connectivity index (χ1v) is 11.9. The molecule has 2 aromatic carbocycles. The maximum Gasteiger partial charge on any atom is 0.327 e. The summed E-state index contributed by atoms with van der Waals surface area (Å²) < 4.78 is 16.7. The van der Waals surface area contributed by atoms with Crippen molar-refractivity contribution < 1.29 is 33.7 Å². The van der Waals surface area contributed by atoms with E-state index in [4.69, 9.17) is 14.2 Å². The number of carbonyl (C=O) groups excluding carboxylic acids is 3. The Labute approximate surface area is 203 Å². The van der Waals surface area contributed by atoms with Crippen molar-refractivity contribution in [2.75, 3.05) is 24.7 Å². The molecule has 35 heavy (non-hydrogen) atoms. The van der Waals surface area contributed by atoms with Gasteiger partial charge in [0, 0.05) is 12.1 Å². The van der Waals surface area contributed by atoms with Gasteiger partial charge in [-0.3, -0.25) is 19.7 Å². The summed E-state index contributed by atoms with van der Waals surface area (Å²) >= 11 is 0. The lowest BCUT2D eigenvalue weighted by Gasteiger charge is -2.32. The predicted octanol–water partition coefficient (Wildman–Crippen LogP) is 2.72. The molecule has 3 aliphatic heterocycles. The van der Waals surface area contributed by atoms with Gasteiger partial charge in [-0.1, -0.05) is 25.5 Å². The number of phenolic OH excluding ortho intramolecular Hbond substituents is 1. The number of benzene rings is 2. The standard InChI is InChI=1S/C26H28N2O7/c1-3-11-26(25(32)33-4-2)21-20(22(27-26)15-5-8-17(29)9-6-15)23(30)28(24(21)31)16-7-10-18-19(14-16)35-13-12-34-18/h5-10,14,20-22,27,29H,3-4,11-13H2,1-2H3/t20-,21+,22+,26-/m0/s1. The van der Waals surface area contributed by atoms with Gasteiger partial charge in [-0.2, -0.15) is 0 Å². The second kappa shape index (κ2) is 8.88. The third-order valence-corrected chi connectivity index (χ3v) is 6.97. The highest BCUT2D eigenvalue weighted by molar-refractivity contribution is 6.24. The molecule has 0 aromatic heterocycles. The molecule has 9 nitrogen and oxygen atoms in total. The fourth-order valence-corrected chi connectivity index (χ4v) is 5.57. The van der Waals surface area contributed by atoms with Crippen LogP contribution in [0.4, 0.5) is 5.69 Å². The first kappa shape index (κ1) is 23.2. The monoisotopic (exact) mass is 480 g/mol. The number of phenols is 1. The summed E-state index contributed by atoms with van der Waals surface area (Å²) in [6, 6.07) is 10.8. The minimum Gasteiger partial charge on any atom is -0.508 e. The molecule has 0 bridgehead atoms. The van der Waals surface area contributed by atoms with Crippen LogP contribution in [0.5, 0.6) is 17.2 Å². The Morgan fingerprint density at radius 3 is 2.49 bits per heavy atom. The van der Waals surface area contributed by atoms with Crippen LogP contribution in [-0.4, -0.2) is 48.2 Å². The van der Waals surface area contributed by atoms with Crippen molar-refractivity contribution in [2.45, 2.75) is 38.3 Å². The summed E-state index contributed by atoms with van der Waals surface area (Å²) in [6.45, 7) is 4.59. The number of fused-ring (bicyclic) bond motifs is 2. The second-order valence-corrected chi connectivity index (χ2v) is 9.00. The minimum atomic E-state index is -1.35. The van der Waals surface area contributed by atoms with E-state index in [2.05, 4.69) is 5.32 Å². The highest BCUT2D eigenvalue weighted by Crippen LogP contribution is 2.52. The molecule has 4 atom stereocenters. The Bertz CT molecular complexity index is 1160. The van der Waals surface area contributed by atoms with E-state index in [0.29, 0.717) is 48.8 Å². The Hall–Kier alpha value is -3.59. The molecule has 2 fully saturated rings. The van der Waals surface area contributed by atoms with Gasteiger partial charge in [0.1, 0.15) is 24.5 Å². The summed E-state index contributed by atoms with van der Waals surface area (Å²) in [6.07, 6.45) is 0.929. The van der Waals surface area contributed by atoms with Crippen LogP contribution in [0.3, 0.4) is 0 Å². The van der Waals surface area contributed by atoms with E-state index >= 15 is 0 Å². The van der Waals surface area contributed by atoms with Crippen molar-refractivity contribution in [3.8, 4) is 17.2 Å². The molecule has 2 aromatic rings. The number of esters is 1. The molecule has 0 radical (unpaired) electrons. The summed E-state index contributed by atoms with van der Waals surface area (Å²) in [4.78, 5) is 42.4. The van der Waals surface area contributed by atoms with Crippen LogP contribution >= 0.6 is 0 Å². The van der Waals surface area contributed by atoms with Gasteiger partial charge in [0.25, 0.3) is 0 Å². The van der Waals surface area contributed by atoms with Crippen LogP contribution in [0.2, 0.25) is 0 Å². The van der Waals surface area contributed by atoms with Crippen LogP contribution in [0.1, 0.15) is 38.3 Å². The summed E-state index contributed by atoms with van der Waals surface area (Å²) in [5.74, 6) is -2.06. The molecule has 184 valence electrons. The molecule has 3 aliphatic rings. The quantitative estimate of drug-likeness (QED) is 0.479. The van der Waals surface area contributed by atoms with Gasteiger partial charge < -0.3 is 19.3 Å². The molecule has 2 amide bonds. The van der Waals surface area contributed by atoms with Crippen molar-refractivity contribution in [3.63, 3.8) is 0 Å². The SMILES string of the molecule is CCC[C@]1(C(=O)OCC)N[C@H](c2ccc(O)cc2)[C@H]2C(=O)N(c3ccc4c(c3)OCCO4)C(=O)[C@@H]21. The van der Waals surface area contributed by atoms with Gasteiger partial charge in [0.2, 0.25) is 11.8 Å². The number of amides is 2. The van der Waals surface area contributed by atoms with E-state index in [0.717, 1.165) is 4.90 Å². The number of ether oxygens (including phenoxy) is 3. The van der Waals surface area contributed by atoms with Crippen molar-refractivity contribution >= 4 is 23.5 Å². The molecule has 2 saturated heterocycles. The Balaban J connectivity index is 1.61. The number of aromatic hydroxyl groups is 1. The van der Waals surface area contributed by atoms with E-state index in [1.165, 1.54) is 12.1 Å². The van der Waals surface area contributed by atoms with Gasteiger partial charge in [-0.25, -0.2) is 4.90 Å². The van der Waals surface area contributed by atoms with E-state index < -0.39 is 41.2 Å². The van der Waals surface area contributed by atoms with Gasteiger partial charge in [0.05, 0.1) is 24.1 Å². The molecule has 0 spiro atoms. The highest BCUT2D eigenvalue weighted by atomic mass is 16.6. The first-order valence-electron chi connectivity index (χ1n) is 11.9. The molecular weight excluding hydrogens is 452 g/mol. The minimum absolute atomic E-state index is 0.0836. The van der Waals surface area contributed by atoms with Crippen LogP contribution in [0.15, 0.2) is 42.5 Å². The van der Waals surface area contributed by atoms with Crippen molar-refractivity contribution in [2.24, 2.45) is 11.8 Å². The summed E-state index contributed by atoms with van der Waals surface area (Å²) in [7, 11) is 0. The number of nitrogens with one attached hydrogen (secondary N) is 1. The third kappa shape index (κ3) is 3.61. The lowest BCUT2D eigenvalue weighted by Crippen LogP contribution is -2.56. The Kier molecular flexibility index (Phi) is 5.88. The highest BCUT2D eigenvalue weighted by Gasteiger charge is 2.68. The maximum atomic E-state index is 13.9. The molecule has 0 saturated carbocycles. The number of imide groups is 1. The normalized spacial score (nSPS) is 27.1. The zero-order valence-corrected chi connectivity index (χ0v) is 19.7. The zero-order chi connectivity index (χ0) is 24.7. The van der Waals surface area contributed by atoms with Crippen molar-refractivity contribution in [1.29, 1.82) is 0 Å². The lowest BCUT2D eigenvalue weighted by molar-refractivity contribution is -0.155. The van der Waals surface area contributed by atoms with Crippen LogP contribution < -0.4 is 19.7 Å². The van der Waals surface area contributed by atoms with E-state index in [9.17, 15) is 19.5 Å². The fraction of sp³-hybridized carbons (Fsp3) is 0.423. The average Bonchev–Trinajstić information content (AvgIpc) is 3.34. The molecular formula is C26H28N2O7. The Morgan fingerprint density at radius 1 is 1.09 bits per heavy atom. The van der Waals surface area contributed by atoms with E-state index in [1.807, 2.05) is 6.92 Å². The van der Waals surface area contributed by atoms with Crippen LogP contribution in [-0.2, 0) is 19.1 Å². The van der Waals surface area contributed by atoms with E-state index in [1.54, 1.807) is 37.3 Å². The summed E-state index contributed by atoms with van der Waals surface area (Å²) in [5.41, 5.74) is -0.282. The molecule has 9 heteroatoms. The molecule has 2 N–H and O–H groups in total. The number of hydrogen-bond donors (Lipinski definition) is 2. The number of rotatable bonds is 6. The van der Waals surface area contributed by atoms with Crippen LogP contribution in [0, 0.1) is 11.8 Å². The van der Waals surface area contributed by atoms with Gasteiger partial charge in [-0.05, 0) is 43.2 Å².